The number of nitrogens with two attached hydrogens (primary N) is 1. The minimum absolute atomic E-state index is 0. The Morgan fingerprint density at radius 3 is 2.64 bits per heavy atom. The largest absolute Gasteiger partial charge is 0.457 e. The molecule has 0 amide bonds. The van der Waals surface area contributed by atoms with Crippen LogP contribution >= 0.6 is 24.0 Å². The normalized spacial score (nSPS) is 11.2. The molecule has 3 aromatic rings. The van der Waals surface area contributed by atoms with Crippen molar-refractivity contribution >= 4 is 35.6 Å². The van der Waals surface area contributed by atoms with Gasteiger partial charge in [-0.15, -0.1) is 24.0 Å². The molecule has 7 heteroatoms. The second-order valence-electron chi connectivity index (χ2n) is 6.66. The van der Waals surface area contributed by atoms with Gasteiger partial charge in [0.2, 0.25) is 0 Å². The predicted octanol–water partition coefficient (Wildman–Crippen LogP) is 4.88. The number of guanidine groups is 1. The lowest BCUT2D eigenvalue weighted by atomic mass is 10.2. The van der Waals surface area contributed by atoms with E-state index in [1.807, 2.05) is 60.8 Å². The molecule has 0 spiro atoms. The summed E-state index contributed by atoms with van der Waals surface area (Å²) < 4.78 is 7.95. The first-order valence-corrected chi connectivity index (χ1v) is 9.00. The number of anilines is 1. The monoisotopic (exact) mass is 491 g/mol. The maximum absolute atomic E-state index is 6.04. The third kappa shape index (κ3) is 6.56. The first-order valence-electron chi connectivity index (χ1n) is 9.00. The molecular weight excluding hydrogens is 465 g/mol. The van der Waals surface area contributed by atoms with Gasteiger partial charge in [0.25, 0.3) is 0 Å². The first-order chi connectivity index (χ1) is 13.1. The van der Waals surface area contributed by atoms with Gasteiger partial charge in [0.1, 0.15) is 23.9 Å². The van der Waals surface area contributed by atoms with Crippen LogP contribution in [0.25, 0.3) is 0 Å². The number of benzene rings is 2. The second kappa shape index (κ2) is 10.7. The molecule has 0 atom stereocenters. The number of nitrogens with one attached hydrogen (secondary N) is 1. The third-order valence-electron chi connectivity index (χ3n) is 3.84. The summed E-state index contributed by atoms with van der Waals surface area (Å²) in [7, 11) is 0. The molecule has 1 heterocycles. The third-order valence-corrected chi connectivity index (χ3v) is 3.84. The Bertz CT molecular complexity index is 893. The molecule has 0 bridgehead atoms. The Morgan fingerprint density at radius 1 is 1.14 bits per heavy atom. The van der Waals surface area contributed by atoms with E-state index < -0.39 is 0 Å². The van der Waals surface area contributed by atoms with Crippen LogP contribution in [0.4, 0.5) is 5.69 Å². The van der Waals surface area contributed by atoms with Gasteiger partial charge in [-0.05, 0) is 30.2 Å². The van der Waals surface area contributed by atoms with Crippen LogP contribution in [0.5, 0.6) is 11.5 Å². The molecule has 0 radical (unpaired) electrons. The number of halogens is 1. The van der Waals surface area contributed by atoms with Crippen LogP contribution in [-0.4, -0.2) is 15.5 Å². The molecular formula is C21H26IN5O. The second-order valence-corrected chi connectivity index (χ2v) is 6.66. The van der Waals surface area contributed by atoms with Crippen LogP contribution in [0, 0.1) is 5.92 Å². The Hall–Kier alpha value is -2.55. The Kier molecular flexibility index (Phi) is 8.31. The molecule has 0 aliphatic heterocycles. The van der Waals surface area contributed by atoms with Crippen LogP contribution in [-0.2, 0) is 13.1 Å². The molecule has 0 fully saturated rings. The lowest BCUT2D eigenvalue weighted by Gasteiger charge is -2.10. The number of aliphatic imine (C=N–C) groups is 1. The smallest absolute Gasteiger partial charge is 0.193 e. The van der Waals surface area contributed by atoms with Crippen molar-refractivity contribution in [2.24, 2.45) is 16.6 Å². The fourth-order valence-electron chi connectivity index (χ4n) is 2.66. The predicted molar refractivity (Wildman–Crippen MR) is 124 cm³/mol. The average molecular weight is 491 g/mol. The Morgan fingerprint density at radius 2 is 1.89 bits per heavy atom. The summed E-state index contributed by atoms with van der Waals surface area (Å²) in [5, 5.41) is 3.10. The molecule has 0 aliphatic carbocycles. The maximum Gasteiger partial charge on any atom is 0.193 e. The summed E-state index contributed by atoms with van der Waals surface area (Å²) in [5.74, 6) is 3.30. The molecule has 0 saturated carbocycles. The summed E-state index contributed by atoms with van der Waals surface area (Å²) in [4.78, 5) is 8.76. The van der Waals surface area contributed by atoms with Gasteiger partial charge >= 0.3 is 0 Å². The lowest BCUT2D eigenvalue weighted by Crippen LogP contribution is -2.23. The Labute approximate surface area is 182 Å². The van der Waals surface area contributed by atoms with Gasteiger partial charge in [-0.2, -0.15) is 0 Å². The van der Waals surface area contributed by atoms with Gasteiger partial charge in [0, 0.05) is 30.7 Å². The Balaban J connectivity index is 0.00000280. The molecule has 6 nitrogen and oxygen atoms in total. The van der Waals surface area contributed by atoms with Crippen LogP contribution in [0.1, 0.15) is 19.7 Å². The fourth-order valence-corrected chi connectivity index (χ4v) is 2.66. The van der Waals surface area contributed by atoms with Crippen molar-refractivity contribution in [3.8, 4) is 11.5 Å². The molecule has 1 aromatic heterocycles. The highest BCUT2D eigenvalue weighted by Crippen LogP contribution is 2.23. The number of nitrogens with zero attached hydrogens (tertiary/aromatic N) is 3. The zero-order chi connectivity index (χ0) is 19.1. The number of imidazole rings is 1. The van der Waals surface area contributed by atoms with E-state index in [1.165, 1.54) is 0 Å². The zero-order valence-electron chi connectivity index (χ0n) is 16.1. The molecule has 0 aliphatic rings. The van der Waals surface area contributed by atoms with Crippen LogP contribution in [0.15, 0.2) is 72.0 Å². The summed E-state index contributed by atoms with van der Waals surface area (Å²) in [6.07, 6.45) is 3.76. The standard InChI is InChI=1S/C21H25N5O.HI/c1-16(2)15-26-12-11-23-20(26)14-24-21(22)25-17-7-6-10-19(13-17)27-18-8-4-3-5-9-18;/h3-13,16H,14-15H2,1-2H3,(H3,22,24,25);1H. The highest BCUT2D eigenvalue weighted by atomic mass is 127. The van der Waals surface area contributed by atoms with E-state index in [0.29, 0.717) is 18.4 Å². The topological polar surface area (TPSA) is 77.5 Å². The van der Waals surface area contributed by atoms with Crippen LogP contribution < -0.4 is 15.8 Å². The van der Waals surface area contributed by atoms with Crippen molar-refractivity contribution in [1.29, 1.82) is 0 Å². The number of para-hydroxylation sites is 1. The van der Waals surface area contributed by atoms with Crippen molar-refractivity contribution in [2.75, 3.05) is 5.32 Å². The number of hydrogen-bond acceptors (Lipinski definition) is 3. The van der Waals surface area contributed by atoms with E-state index in [0.717, 1.165) is 29.6 Å². The van der Waals surface area contributed by atoms with E-state index in [1.54, 1.807) is 6.20 Å². The van der Waals surface area contributed by atoms with Crippen molar-refractivity contribution in [2.45, 2.75) is 26.9 Å². The maximum atomic E-state index is 6.04. The highest BCUT2D eigenvalue weighted by molar-refractivity contribution is 14.0. The molecule has 0 saturated heterocycles. The molecule has 28 heavy (non-hydrogen) atoms. The number of rotatable bonds is 7. The quantitative estimate of drug-likeness (QED) is 0.281. The van der Waals surface area contributed by atoms with Gasteiger partial charge < -0.3 is 20.4 Å². The van der Waals surface area contributed by atoms with Crippen LogP contribution in [0.3, 0.4) is 0 Å². The summed E-state index contributed by atoms with van der Waals surface area (Å²) in [6, 6.07) is 17.3. The van der Waals surface area contributed by atoms with Crippen LogP contribution in [0.2, 0.25) is 0 Å². The number of ether oxygens (including phenoxy) is 1. The zero-order valence-corrected chi connectivity index (χ0v) is 18.4. The van der Waals surface area contributed by atoms with Gasteiger partial charge in [0.15, 0.2) is 5.96 Å². The van der Waals surface area contributed by atoms with Crippen molar-refractivity contribution < 1.29 is 4.74 Å². The van der Waals surface area contributed by atoms with Gasteiger partial charge in [0.05, 0.1) is 0 Å². The minimum Gasteiger partial charge on any atom is -0.457 e. The molecule has 2 aromatic carbocycles. The summed E-state index contributed by atoms with van der Waals surface area (Å²) >= 11 is 0. The molecule has 148 valence electrons. The highest BCUT2D eigenvalue weighted by Gasteiger charge is 2.05. The van der Waals surface area contributed by atoms with E-state index >= 15 is 0 Å². The van der Waals surface area contributed by atoms with E-state index in [9.17, 15) is 0 Å². The van der Waals surface area contributed by atoms with E-state index in [2.05, 4.69) is 33.7 Å². The van der Waals surface area contributed by atoms with E-state index in [-0.39, 0.29) is 24.0 Å². The molecule has 3 rings (SSSR count). The lowest BCUT2D eigenvalue weighted by molar-refractivity contribution is 0.483. The van der Waals surface area contributed by atoms with Crippen molar-refractivity contribution in [1.82, 2.24) is 9.55 Å². The van der Waals surface area contributed by atoms with Gasteiger partial charge in [-0.25, -0.2) is 9.98 Å². The molecule has 0 unspecified atom stereocenters. The van der Waals surface area contributed by atoms with Crippen molar-refractivity contribution in [3.05, 3.63) is 72.8 Å². The van der Waals surface area contributed by atoms with Crippen molar-refractivity contribution in [3.63, 3.8) is 0 Å². The fraction of sp³-hybridized carbons (Fsp3) is 0.238. The number of aromatic nitrogens is 2. The average Bonchev–Trinajstić information content (AvgIpc) is 3.07. The summed E-state index contributed by atoms with van der Waals surface area (Å²) in [5.41, 5.74) is 6.85. The number of hydrogen-bond donors (Lipinski definition) is 2. The van der Waals surface area contributed by atoms with Gasteiger partial charge in [-0.1, -0.05) is 38.1 Å². The SMILES string of the molecule is CC(C)Cn1ccnc1CN=C(N)Nc1cccc(Oc2ccccc2)c1.I. The van der Waals surface area contributed by atoms with E-state index in [4.69, 9.17) is 10.5 Å². The minimum atomic E-state index is 0. The van der Waals surface area contributed by atoms with Gasteiger partial charge in [-0.3, -0.25) is 0 Å². The molecule has 3 N–H and O–H groups in total. The first kappa shape index (κ1) is 21.7. The summed E-state index contributed by atoms with van der Waals surface area (Å²) in [6.45, 7) is 5.69.